The fraction of sp³-hybridized carbons (Fsp3) is 0.929. The third-order valence-electron chi connectivity index (χ3n) is 3.16. The summed E-state index contributed by atoms with van der Waals surface area (Å²) < 4.78 is 16.4. The maximum atomic E-state index is 11.7. The molecule has 118 valence electrons. The number of hydrogen-bond donors (Lipinski definition) is 2. The van der Waals surface area contributed by atoms with Crippen molar-refractivity contribution in [1.82, 2.24) is 10.6 Å². The largest absolute Gasteiger partial charge is 0.444 e. The summed E-state index contributed by atoms with van der Waals surface area (Å²) >= 11 is 0. The lowest BCUT2D eigenvalue weighted by atomic mass is 10.2. The predicted molar refractivity (Wildman–Crippen MR) is 82.3 cm³/mol. The molecule has 0 aromatic heterocycles. The van der Waals surface area contributed by atoms with Crippen LogP contribution in [-0.2, 0) is 15.5 Å². The van der Waals surface area contributed by atoms with Gasteiger partial charge in [0.1, 0.15) is 5.60 Å². The van der Waals surface area contributed by atoms with Crippen LogP contribution >= 0.6 is 0 Å². The smallest absolute Gasteiger partial charge is 0.407 e. The van der Waals surface area contributed by atoms with Crippen LogP contribution in [0, 0.1) is 0 Å². The first-order valence-corrected chi connectivity index (χ1v) is 8.94. The molecule has 0 bridgehead atoms. The van der Waals surface area contributed by atoms with Gasteiger partial charge in [0.25, 0.3) is 0 Å². The Morgan fingerprint density at radius 1 is 1.35 bits per heavy atom. The zero-order chi connectivity index (χ0) is 15.3. The molecule has 1 aliphatic rings. The van der Waals surface area contributed by atoms with Crippen molar-refractivity contribution in [3.05, 3.63) is 0 Å². The summed E-state index contributed by atoms with van der Waals surface area (Å²) in [5, 5.41) is 6.39. The topological polar surface area (TPSA) is 67.4 Å². The maximum absolute atomic E-state index is 11.7. The van der Waals surface area contributed by atoms with Gasteiger partial charge in [-0.2, -0.15) is 0 Å². The van der Waals surface area contributed by atoms with Crippen LogP contribution in [0.15, 0.2) is 0 Å². The molecule has 0 heterocycles. The lowest BCUT2D eigenvalue weighted by Gasteiger charge is -2.22. The van der Waals surface area contributed by atoms with Gasteiger partial charge in [-0.1, -0.05) is 0 Å². The average Bonchev–Trinajstić information content (AvgIpc) is 2.60. The van der Waals surface area contributed by atoms with Gasteiger partial charge < -0.3 is 15.4 Å². The summed E-state index contributed by atoms with van der Waals surface area (Å²) in [5.74, 6) is 0.667. The number of amides is 1. The second kappa shape index (κ2) is 7.41. The molecule has 4 atom stereocenters. The van der Waals surface area contributed by atoms with Gasteiger partial charge in [-0.3, -0.25) is 4.21 Å². The third kappa shape index (κ3) is 7.24. The standard InChI is InChI=1S/C14H28N2O3S/c1-10(9-20(5)18)15-11-6-7-12(8-11)16-13(17)19-14(2,3)4/h10-12,15H,6-9H2,1-5H3,(H,16,17). The highest BCUT2D eigenvalue weighted by molar-refractivity contribution is 7.84. The summed E-state index contributed by atoms with van der Waals surface area (Å²) in [7, 11) is -0.777. The van der Waals surface area contributed by atoms with Crippen LogP contribution in [0.4, 0.5) is 4.79 Å². The third-order valence-corrected chi connectivity index (χ3v) is 4.13. The van der Waals surface area contributed by atoms with E-state index in [1.165, 1.54) is 0 Å². The summed E-state index contributed by atoms with van der Waals surface area (Å²) in [6.07, 6.45) is 4.27. The molecule has 0 spiro atoms. The van der Waals surface area contributed by atoms with Crippen molar-refractivity contribution in [2.24, 2.45) is 0 Å². The lowest BCUT2D eigenvalue weighted by Crippen LogP contribution is -2.41. The Hall–Kier alpha value is -0.620. The summed E-state index contributed by atoms with van der Waals surface area (Å²) in [6.45, 7) is 7.63. The highest BCUT2D eigenvalue weighted by Gasteiger charge is 2.28. The molecule has 1 amide bonds. The van der Waals surface area contributed by atoms with E-state index in [1.54, 1.807) is 6.26 Å². The number of alkyl carbamates (subject to hydrolysis) is 1. The van der Waals surface area contributed by atoms with E-state index in [1.807, 2.05) is 20.8 Å². The van der Waals surface area contributed by atoms with E-state index in [2.05, 4.69) is 17.6 Å². The molecule has 0 aliphatic heterocycles. The highest BCUT2D eigenvalue weighted by atomic mass is 32.2. The van der Waals surface area contributed by atoms with Crippen molar-refractivity contribution in [1.29, 1.82) is 0 Å². The Labute approximate surface area is 124 Å². The van der Waals surface area contributed by atoms with Crippen molar-refractivity contribution in [2.45, 2.75) is 70.7 Å². The first-order valence-electron chi connectivity index (χ1n) is 7.21. The molecule has 4 unspecified atom stereocenters. The summed E-state index contributed by atoms with van der Waals surface area (Å²) in [4.78, 5) is 11.7. The molecule has 1 saturated carbocycles. The van der Waals surface area contributed by atoms with E-state index in [0.717, 1.165) is 19.3 Å². The van der Waals surface area contributed by atoms with Crippen molar-refractivity contribution >= 4 is 16.9 Å². The number of carbonyl (C=O) groups excluding carboxylic acids is 1. The molecule has 2 N–H and O–H groups in total. The fourth-order valence-corrected chi connectivity index (χ4v) is 3.34. The zero-order valence-electron chi connectivity index (χ0n) is 13.2. The molecule has 1 rings (SSSR count). The fourth-order valence-electron chi connectivity index (χ4n) is 2.54. The molecule has 0 radical (unpaired) electrons. The van der Waals surface area contributed by atoms with Crippen LogP contribution in [0.1, 0.15) is 47.0 Å². The average molecular weight is 304 g/mol. The number of ether oxygens (including phenoxy) is 1. The van der Waals surface area contributed by atoms with E-state index in [9.17, 15) is 9.00 Å². The van der Waals surface area contributed by atoms with Gasteiger partial charge in [0.05, 0.1) is 0 Å². The van der Waals surface area contributed by atoms with Crippen LogP contribution in [0.2, 0.25) is 0 Å². The zero-order valence-corrected chi connectivity index (χ0v) is 14.0. The minimum atomic E-state index is -0.777. The van der Waals surface area contributed by atoms with Crippen molar-refractivity contribution in [2.75, 3.05) is 12.0 Å². The van der Waals surface area contributed by atoms with E-state index in [0.29, 0.717) is 11.8 Å². The van der Waals surface area contributed by atoms with E-state index in [4.69, 9.17) is 4.74 Å². The number of hydrogen-bond acceptors (Lipinski definition) is 4. The number of rotatable bonds is 5. The first-order chi connectivity index (χ1) is 9.15. The normalized spacial score (nSPS) is 26.1. The molecule has 20 heavy (non-hydrogen) atoms. The molecule has 6 heteroatoms. The lowest BCUT2D eigenvalue weighted by molar-refractivity contribution is 0.0505. The maximum Gasteiger partial charge on any atom is 0.407 e. The number of nitrogens with one attached hydrogen (secondary N) is 2. The van der Waals surface area contributed by atoms with Crippen LogP contribution in [0.3, 0.4) is 0 Å². The van der Waals surface area contributed by atoms with E-state index in [-0.39, 0.29) is 18.2 Å². The first kappa shape index (κ1) is 17.4. The van der Waals surface area contributed by atoms with E-state index >= 15 is 0 Å². The van der Waals surface area contributed by atoms with Gasteiger partial charge >= 0.3 is 6.09 Å². The van der Waals surface area contributed by atoms with Crippen molar-refractivity contribution < 1.29 is 13.7 Å². The van der Waals surface area contributed by atoms with Gasteiger partial charge in [0.2, 0.25) is 0 Å². The van der Waals surface area contributed by atoms with Crippen molar-refractivity contribution in [3.63, 3.8) is 0 Å². The Balaban J connectivity index is 2.29. The summed E-state index contributed by atoms with van der Waals surface area (Å²) in [5.41, 5.74) is -0.458. The second-order valence-electron chi connectivity index (χ2n) is 6.66. The van der Waals surface area contributed by atoms with Crippen LogP contribution in [-0.4, -0.2) is 46.0 Å². The molecule has 0 aromatic carbocycles. The van der Waals surface area contributed by atoms with Gasteiger partial charge in [0.15, 0.2) is 0 Å². The van der Waals surface area contributed by atoms with Crippen LogP contribution in [0.25, 0.3) is 0 Å². The second-order valence-corrected chi connectivity index (χ2v) is 8.14. The molecular formula is C14H28N2O3S. The number of carbonyl (C=O) groups is 1. The Morgan fingerprint density at radius 2 is 1.95 bits per heavy atom. The SMILES string of the molecule is CC(CS(C)=O)NC1CCC(NC(=O)OC(C)(C)C)C1. The Bertz CT molecular complexity index is 355. The van der Waals surface area contributed by atoms with E-state index < -0.39 is 16.4 Å². The minimum absolute atomic E-state index is 0.168. The minimum Gasteiger partial charge on any atom is -0.444 e. The van der Waals surface area contributed by atoms with Gasteiger partial charge in [0, 0.05) is 40.9 Å². The molecule has 5 nitrogen and oxygen atoms in total. The van der Waals surface area contributed by atoms with Gasteiger partial charge in [-0.25, -0.2) is 4.79 Å². The van der Waals surface area contributed by atoms with Gasteiger partial charge in [-0.05, 0) is 47.0 Å². The molecule has 1 aliphatic carbocycles. The predicted octanol–water partition coefficient (Wildman–Crippen LogP) is 1.79. The summed E-state index contributed by atoms with van der Waals surface area (Å²) in [6, 6.07) is 0.793. The Morgan fingerprint density at radius 3 is 2.50 bits per heavy atom. The molecule has 1 fully saturated rings. The van der Waals surface area contributed by atoms with Crippen LogP contribution in [0.5, 0.6) is 0 Å². The molecule has 0 saturated heterocycles. The molecule has 0 aromatic rings. The highest BCUT2D eigenvalue weighted by Crippen LogP contribution is 2.20. The Kier molecular flexibility index (Phi) is 6.45. The van der Waals surface area contributed by atoms with Crippen molar-refractivity contribution in [3.8, 4) is 0 Å². The molecular weight excluding hydrogens is 276 g/mol. The monoisotopic (exact) mass is 304 g/mol. The van der Waals surface area contributed by atoms with Gasteiger partial charge in [-0.15, -0.1) is 0 Å². The van der Waals surface area contributed by atoms with Crippen LogP contribution < -0.4 is 10.6 Å². The quantitative estimate of drug-likeness (QED) is 0.812.